The predicted octanol–water partition coefficient (Wildman–Crippen LogP) is 3.57. The van der Waals surface area contributed by atoms with Crippen LogP contribution in [-0.4, -0.2) is 17.5 Å². The summed E-state index contributed by atoms with van der Waals surface area (Å²) in [5.74, 6) is -0.722. The fourth-order valence-corrected chi connectivity index (χ4v) is 3.23. The monoisotopic (exact) mass is 315 g/mol. The third-order valence-corrected chi connectivity index (χ3v) is 4.24. The van der Waals surface area contributed by atoms with Crippen molar-refractivity contribution in [1.29, 1.82) is 0 Å². The molecule has 1 aliphatic rings. The van der Waals surface area contributed by atoms with Crippen LogP contribution in [0.1, 0.15) is 38.8 Å². The number of rotatable bonds is 1. The van der Waals surface area contributed by atoms with Crippen LogP contribution in [0.15, 0.2) is 54.6 Å². The van der Waals surface area contributed by atoms with E-state index in [0.29, 0.717) is 22.4 Å². The highest BCUT2D eigenvalue weighted by molar-refractivity contribution is 6.32. The first-order chi connectivity index (χ1) is 11.6. The van der Waals surface area contributed by atoms with Crippen molar-refractivity contribution in [2.45, 2.75) is 6.92 Å². The van der Waals surface area contributed by atoms with Crippen molar-refractivity contribution in [3.63, 3.8) is 0 Å². The van der Waals surface area contributed by atoms with Crippen LogP contribution in [0.5, 0.6) is 0 Å². The lowest BCUT2D eigenvalue weighted by molar-refractivity contribution is -0.114. The highest BCUT2D eigenvalue weighted by Crippen LogP contribution is 2.37. The smallest absolute Gasteiger partial charge is 0.221 e. The number of carbonyl (C=O) groups excluding carboxylic acids is 3. The minimum absolute atomic E-state index is 0.197. The van der Waals surface area contributed by atoms with Gasteiger partial charge in [0.15, 0.2) is 11.6 Å². The molecule has 0 spiro atoms. The molecule has 0 unspecified atom stereocenters. The number of nitrogens with one attached hydrogen (secondary N) is 1. The topological polar surface area (TPSA) is 63.2 Å². The molecule has 0 bridgehead atoms. The molecule has 1 amide bonds. The van der Waals surface area contributed by atoms with Crippen LogP contribution in [-0.2, 0) is 4.79 Å². The molecule has 4 heteroatoms. The van der Waals surface area contributed by atoms with Crippen LogP contribution < -0.4 is 5.32 Å². The molecule has 4 rings (SSSR count). The summed E-state index contributed by atoms with van der Waals surface area (Å²) in [5.41, 5.74) is 1.79. The van der Waals surface area contributed by atoms with Gasteiger partial charge >= 0.3 is 0 Å². The van der Waals surface area contributed by atoms with Crippen LogP contribution in [0, 0.1) is 0 Å². The van der Waals surface area contributed by atoms with Crippen molar-refractivity contribution < 1.29 is 14.4 Å². The highest BCUT2D eigenvalue weighted by Gasteiger charge is 2.32. The number of anilines is 1. The molecule has 1 aliphatic carbocycles. The number of hydrogen-bond acceptors (Lipinski definition) is 3. The molecule has 116 valence electrons. The van der Waals surface area contributed by atoms with E-state index in [9.17, 15) is 14.4 Å². The number of amides is 1. The summed E-state index contributed by atoms with van der Waals surface area (Å²) in [6.07, 6.45) is 0. The quantitative estimate of drug-likeness (QED) is 0.584. The molecular formula is C20H13NO3. The first-order valence-electron chi connectivity index (χ1n) is 7.59. The number of hydrogen-bond donors (Lipinski definition) is 1. The lowest BCUT2D eigenvalue weighted by Gasteiger charge is -2.22. The Balaban J connectivity index is 2.12. The predicted molar refractivity (Wildman–Crippen MR) is 91.6 cm³/mol. The third kappa shape index (κ3) is 1.97. The number of carbonyl (C=O) groups is 3. The van der Waals surface area contributed by atoms with Gasteiger partial charge < -0.3 is 5.32 Å². The van der Waals surface area contributed by atoms with Gasteiger partial charge in [0.2, 0.25) is 5.91 Å². The first-order valence-corrected chi connectivity index (χ1v) is 7.59. The standard InChI is InChI=1S/C20H13NO3/c1-11(22)21-18-13-7-3-2-6-12(13)10-16-17(18)20(24)15-9-5-4-8-14(15)19(16)23/h2-10H,1H3,(H,21,22). The van der Waals surface area contributed by atoms with E-state index in [4.69, 9.17) is 0 Å². The van der Waals surface area contributed by atoms with Crippen LogP contribution in [0.2, 0.25) is 0 Å². The molecule has 3 aromatic carbocycles. The zero-order valence-corrected chi connectivity index (χ0v) is 12.9. The average molecular weight is 315 g/mol. The summed E-state index contributed by atoms with van der Waals surface area (Å²) in [6.45, 7) is 1.39. The zero-order valence-electron chi connectivity index (χ0n) is 12.9. The molecular weight excluding hydrogens is 302 g/mol. The van der Waals surface area contributed by atoms with Gasteiger partial charge in [0, 0.05) is 29.0 Å². The maximum absolute atomic E-state index is 13.0. The lowest BCUT2D eigenvalue weighted by atomic mass is 9.81. The Labute approximate surface area is 138 Å². The number of benzene rings is 3. The van der Waals surface area contributed by atoms with Gasteiger partial charge in [-0.3, -0.25) is 14.4 Å². The van der Waals surface area contributed by atoms with E-state index in [1.807, 2.05) is 24.3 Å². The summed E-state index contributed by atoms with van der Waals surface area (Å²) >= 11 is 0. The van der Waals surface area contributed by atoms with Crippen LogP contribution in [0.4, 0.5) is 5.69 Å². The third-order valence-electron chi connectivity index (χ3n) is 4.24. The molecule has 0 radical (unpaired) electrons. The van der Waals surface area contributed by atoms with E-state index in [1.165, 1.54) is 6.92 Å². The zero-order chi connectivity index (χ0) is 16.8. The van der Waals surface area contributed by atoms with E-state index in [1.54, 1.807) is 30.3 Å². The minimum Gasteiger partial charge on any atom is -0.325 e. The van der Waals surface area contributed by atoms with Crippen molar-refractivity contribution in [1.82, 2.24) is 0 Å². The second-order valence-electron chi connectivity index (χ2n) is 5.78. The Hall–Kier alpha value is -3.27. The maximum Gasteiger partial charge on any atom is 0.221 e. The van der Waals surface area contributed by atoms with Gasteiger partial charge in [0.05, 0.1) is 11.3 Å². The minimum atomic E-state index is -0.285. The van der Waals surface area contributed by atoms with Crippen molar-refractivity contribution in [3.05, 3.63) is 76.9 Å². The lowest BCUT2D eigenvalue weighted by Crippen LogP contribution is -2.23. The Kier molecular flexibility index (Phi) is 3.06. The van der Waals surface area contributed by atoms with Gasteiger partial charge in [0.25, 0.3) is 0 Å². The molecule has 3 aromatic rings. The number of ketones is 2. The maximum atomic E-state index is 13.0. The van der Waals surface area contributed by atoms with Crippen molar-refractivity contribution in [3.8, 4) is 0 Å². The molecule has 0 fully saturated rings. The first kappa shape index (κ1) is 14.3. The van der Waals surface area contributed by atoms with Gasteiger partial charge in [-0.1, -0.05) is 48.5 Å². The van der Waals surface area contributed by atoms with E-state index in [2.05, 4.69) is 5.32 Å². The van der Waals surface area contributed by atoms with Gasteiger partial charge in [0.1, 0.15) is 0 Å². The normalized spacial score (nSPS) is 12.7. The summed E-state index contributed by atoms with van der Waals surface area (Å²) in [6, 6.07) is 15.9. The molecule has 1 N–H and O–H groups in total. The molecule has 0 aliphatic heterocycles. The average Bonchev–Trinajstić information content (AvgIpc) is 2.59. The summed E-state index contributed by atoms with van der Waals surface area (Å²) < 4.78 is 0. The second-order valence-corrected chi connectivity index (χ2v) is 5.78. The van der Waals surface area contributed by atoms with Crippen molar-refractivity contribution >= 4 is 33.9 Å². The Morgan fingerprint density at radius 2 is 1.46 bits per heavy atom. The second kappa shape index (κ2) is 5.13. The molecule has 24 heavy (non-hydrogen) atoms. The summed E-state index contributed by atoms with van der Waals surface area (Å²) in [7, 11) is 0. The summed E-state index contributed by atoms with van der Waals surface area (Å²) in [4.78, 5) is 37.5. The van der Waals surface area contributed by atoms with Gasteiger partial charge in [-0.2, -0.15) is 0 Å². The molecule has 0 saturated carbocycles. The molecule has 4 nitrogen and oxygen atoms in total. The molecule has 0 saturated heterocycles. The molecule has 0 aromatic heterocycles. The van der Waals surface area contributed by atoms with Crippen LogP contribution in [0.3, 0.4) is 0 Å². The number of fused-ring (bicyclic) bond motifs is 3. The largest absolute Gasteiger partial charge is 0.325 e. The fourth-order valence-electron chi connectivity index (χ4n) is 3.23. The SMILES string of the molecule is CC(=O)Nc1c2c(cc3ccccc13)C(=O)c1ccccc1C2=O. The van der Waals surface area contributed by atoms with Gasteiger partial charge in [-0.25, -0.2) is 0 Å². The van der Waals surface area contributed by atoms with E-state index in [0.717, 1.165) is 10.8 Å². The van der Waals surface area contributed by atoms with Crippen LogP contribution >= 0.6 is 0 Å². The van der Waals surface area contributed by atoms with Crippen LogP contribution in [0.25, 0.3) is 10.8 Å². The Morgan fingerprint density at radius 1 is 0.833 bits per heavy atom. The Morgan fingerprint density at radius 3 is 2.17 bits per heavy atom. The van der Waals surface area contributed by atoms with Gasteiger partial charge in [-0.15, -0.1) is 0 Å². The van der Waals surface area contributed by atoms with Crippen molar-refractivity contribution in [2.75, 3.05) is 5.32 Å². The van der Waals surface area contributed by atoms with Crippen molar-refractivity contribution in [2.24, 2.45) is 0 Å². The highest BCUT2D eigenvalue weighted by atomic mass is 16.2. The fraction of sp³-hybridized carbons (Fsp3) is 0.0500. The molecule has 0 atom stereocenters. The van der Waals surface area contributed by atoms with E-state index < -0.39 is 0 Å². The molecule has 0 heterocycles. The summed E-state index contributed by atoms with van der Waals surface area (Å²) in [5, 5.41) is 4.29. The van der Waals surface area contributed by atoms with E-state index in [-0.39, 0.29) is 23.0 Å². The Bertz CT molecular complexity index is 1050. The van der Waals surface area contributed by atoms with Gasteiger partial charge in [-0.05, 0) is 11.5 Å². The van der Waals surface area contributed by atoms with E-state index >= 15 is 0 Å².